The van der Waals surface area contributed by atoms with Crippen LogP contribution >= 0.6 is 0 Å². The maximum atomic E-state index is 12.3. The van der Waals surface area contributed by atoms with E-state index in [1.165, 1.54) is 0 Å². The second kappa shape index (κ2) is 5.17. The molecule has 0 unspecified atom stereocenters. The molecule has 0 aliphatic carbocycles. The van der Waals surface area contributed by atoms with Crippen molar-refractivity contribution in [2.45, 2.75) is 17.7 Å². The average molecular weight is 300 g/mol. The Kier molecular flexibility index (Phi) is 3.73. The number of hydrogen-bond acceptors (Lipinski definition) is 6. The monoisotopic (exact) mass is 300 g/mol. The zero-order valence-electron chi connectivity index (χ0n) is 10.4. The molecule has 0 saturated carbocycles. The highest BCUT2D eigenvalue weighted by Gasteiger charge is 2.30. The summed E-state index contributed by atoms with van der Waals surface area (Å²) in [5, 5.41) is 20.0. The van der Waals surface area contributed by atoms with Gasteiger partial charge in [0.05, 0.1) is 16.4 Å². The number of phenols is 1. The van der Waals surface area contributed by atoms with Crippen LogP contribution < -0.4 is 0 Å². The van der Waals surface area contributed by atoms with E-state index in [9.17, 15) is 28.4 Å². The minimum Gasteiger partial charge on any atom is -0.502 e. The summed E-state index contributed by atoms with van der Waals surface area (Å²) >= 11 is 0. The van der Waals surface area contributed by atoms with Crippen LogP contribution in [0.3, 0.4) is 0 Å². The first-order chi connectivity index (χ1) is 9.32. The van der Waals surface area contributed by atoms with E-state index in [4.69, 9.17) is 0 Å². The van der Waals surface area contributed by atoms with E-state index in [-0.39, 0.29) is 23.8 Å². The number of hydrogen-bond donors (Lipinski definition) is 1. The first-order valence-electron chi connectivity index (χ1n) is 5.81. The maximum Gasteiger partial charge on any atom is 0.312 e. The Bertz CT molecular complexity index is 669. The quantitative estimate of drug-likeness (QED) is 0.647. The summed E-state index contributed by atoms with van der Waals surface area (Å²) in [6, 6.07) is 2.83. The molecule has 0 aromatic heterocycles. The lowest BCUT2D eigenvalue weighted by Gasteiger charge is -2.24. The molecule has 1 aromatic rings. The molecule has 108 valence electrons. The molecule has 1 aromatic carbocycles. The van der Waals surface area contributed by atoms with Crippen LogP contribution in [0.25, 0.3) is 0 Å². The van der Waals surface area contributed by atoms with Crippen LogP contribution in [-0.4, -0.2) is 41.6 Å². The van der Waals surface area contributed by atoms with Gasteiger partial charge >= 0.3 is 5.69 Å². The van der Waals surface area contributed by atoms with Gasteiger partial charge in [-0.25, -0.2) is 8.42 Å². The van der Waals surface area contributed by atoms with Gasteiger partial charge in [-0.05, 0) is 18.6 Å². The summed E-state index contributed by atoms with van der Waals surface area (Å²) in [4.78, 5) is 20.9. The highest BCUT2D eigenvalue weighted by atomic mass is 32.2. The molecule has 1 aliphatic rings. The molecule has 0 bridgehead atoms. The van der Waals surface area contributed by atoms with Crippen LogP contribution in [0.1, 0.15) is 12.8 Å². The van der Waals surface area contributed by atoms with Crippen LogP contribution in [0.15, 0.2) is 23.1 Å². The smallest absolute Gasteiger partial charge is 0.312 e. The lowest BCUT2D eigenvalue weighted by molar-refractivity contribution is -0.386. The predicted molar refractivity (Wildman–Crippen MR) is 67.8 cm³/mol. The third-order valence-corrected chi connectivity index (χ3v) is 4.84. The van der Waals surface area contributed by atoms with Crippen LogP contribution in [0.5, 0.6) is 5.75 Å². The van der Waals surface area contributed by atoms with Crippen molar-refractivity contribution in [3.8, 4) is 5.75 Å². The van der Waals surface area contributed by atoms with E-state index >= 15 is 0 Å². The van der Waals surface area contributed by atoms with Crippen molar-refractivity contribution in [1.82, 2.24) is 4.31 Å². The van der Waals surface area contributed by atoms with Crippen LogP contribution in [0.4, 0.5) is 5.69 Å². The van der Waals surface area contributed by atoms with Gasteiger partial charge in [-0.2, -0.15) is 4.31 Å². The van der Waals surface area contributed by atoms with Gasteiger partial charge in [-0.15, -0.1) is 0 Å². The first kappa shape index (κ1) is 14.4. The molecule has 8 nitrogen and oxygen atoms in total. The molecule has 9 heteroatoms. The van der Waals surface area contributed by atoms with E-state index < -0.39 is 26.4 Å². The predicted octanol–water partition coefficient (Wildman–Crippen LogP) is 0.654. The summed E-state index contributed by atoms with van der Waals surface area (Å²) in [7, 11) is -3.97. The lowest BCUT2D eigenvalue weighted by atomic mass is 10.1. The number of rotatable bonds is 3. The number of carbonyl (C=O) groups is 1. The molecular formula is C11H12N2O6S. The summed E-state index contributed by atoms with van der Waals surface area (Å²) in [6.45, 7) is -0.0280. The third-order valence-electron chi connectivity index (χ3n) is 3.00. The number of nitro groups is 1. The summed E-state index contributed by atoms with van der Waals surface area (Å²) in [5.74, 6) is -0.795. The molecule has 0 spiro atoms. The summed E-state index contributed by atoms with van der Waals surface area (Å²) in [6.07, 6.45) is 0.764. The number of aromatic hydroxyl groups is 1. The zero-order chi connectivity index (χ0) is 14.9. The van der Waals surface area contributed by atoms with Gasteiger partial charge in [0, 0.05) is 19.0 Å². The highest BCUT2D eigenvalue weighted by molar-refractivity contribution is 7.89. The number of sulfonamides is 1. The molecule has 0 radical (unpaired) electrons. The summed E-state index contributed by atoms with van der Waals surface area (Å²) in [5.41, 5.74) is -0.686. The van der Waals surface area contributed by atoms with Crippen molar-refractivity contribution in [2.75, 3.05) is 13.1 Å². The van der Waals surface area contributed by atoms with E-state index in [0.29, 0.717) is 12.8 Å². The Labute approximate surface area is 114 Å². The molecule has 0 amide bonds. The molecule has 1 fully saturated rings. The fourth-order valence-corrected chi connectivity index (χ4v) is 3.45. The van der Waals surface area contributed by atoms with Crippen molar-refractivity contribution in [3.63, 3.8) is 0 Å². The Morgan fingerprint density at radius 3 is 2.65 bits per heavy atom. The van der Waals surface area contributed by atoms with Crippen molar-refractivity contribution < 1.29 is 23.2 Å². The standard InChI is InChI=1S/C11H12N2O6S/c14-8-2-1-5-12(7-8)20(18,19)9-3-4-11(15)10(6-9)13(16)17/h3-4,6,15H,1-2,5,7H2. The number of ketones is 1. The van der Waals surface area contributed by atoms with Crippen molar-refractivity contribution >= 4 is 21.5 Å². The van der Waals surface area contributed by atoms with Gasteiger partial charge in [0.2, 0.25) is 10.0 Å². The Hall–Kier alpha value is -2.00. The molecule has 1 aliphatic heterocycles. The minimum atomic E-state index is -3.97. The lowest BCUT2D eigenvalue weighted by Crippen LogP contribution is -2.40. The largest absolute Gasteiger partial charge is 0.502 e. The molecular weight excluding hydrogens is 288 g/mol. The van der Waals surface area contributed by atoms with Gasteiger partial charge in [-0.1, -0.05) is 0 Å². The average Bonchev–Trinajstić information content (AvgIpc) is 2.38. The third kappa shape index (κ3) is 2.63. The molecule has 0 atom stereocenters. The van der Waals surface area contributed by atoms with E-state index in [1.54, 1.807) is 0 Å². The topological polar surface area (TPSA) is 118 Å². The number of phenolic OH excluding ortho intramolecular Hbond substituents is 1. The van der Waals surface area contributed by atoms with Gasteiger partial charge in [0.1, 0.15) is 5.78 Å². The number of benzene rings is 1. The van der Waals surface area contributed by atoms with Crippen LogP contribution in [-0.2, 0) is 14.8 Å². The molecule has 20 heavy (non-hydrogen) atoms. The summed E-state index contributed by atoms with van der Waals surface area (Å²) < 4.78 is 25.6. The fourth-order valence-electron chi connectivity index (χ4n) is 1.97. The molecule has 1 N–H and O–H groups in total. The SMILES string of the molecule is O=C1CCCN(S(=O)(=O)c2ccc(O)c([N+](=O)[O-])c2)C1. The number of Topliss-reactive ketones (excluding diaryl/α,β-unsaturated/α-hetero) is 1. The number of carbonyl (C=O) groups excluding carboxylic acids is 1. The number of nitrogens with zero attached hydrogens (tertiary/aromatic N) is 2. The molecule has 1 heterocycles. The van der Waals surface area contributed by atoms with Crippen LogP contribution in [0, 0.1) is 10.1 Å². The second-order valence-electron chi connectivity index (χ2n) is 4.39. The fraction of sp³-hybridized carbons (Fsp3) is 0.364. The Morgan fingerprint density at radius 1 is 1.35 bits per heavy atom. The van der Waals surface area contributed by atoms with Crippen molar-refractivity contribution in [2.24, 2.45) is 0 Å². The Morgan fingerprint density at radius 2 is 2.05 bits per heavy atom. The van der Waals surface area contributed by atoms with E-state index in [1.807, 2.05) is 0 Å². The number of piperidine rings is 1. The highest BCUT2D eigenvalue weighted by Crippen LogP contribution is 2.30. The maximum absolute atomic E-state index is 12.3. The van der Waals surface area contributed by atoms with Crippen LogP contribution in [0.2, 0.25) is 0 Å². The van der Waals surface area contributed by atoms with Gasteiger partial charge < -0.3 is 5.11 Å². The van der Waals surface area contributed by atoms with Crippen molar-refractivity contribution in [1.29, 1.82) is 0 Å². The normalized spacial score (nSPS) is 17.1. The van der Waals surface area contributed by atoms with Crippen molar-refractivity contribution in [3.05, 3.63) is 28.3 Å². The molecule has 2 rings (SSSR count). The van der Waals surface area contributed by atoms with E-state index in [0.717, 1.165) is 22.5 Å². The first-order valence-corrected chi connectivity index (χ1v) is 7.25. The molecule has 1 saturated heterocycles. The number of nitro benzene ring substituents is 1. The van der Waals surface area contributed by atoms with Gasteiger partial charge in [-0.3, -0.25) is 14.9 Å². The second-order valence-corrected chi connectivity index (χ2v) is 6.33. The Balaban J connectivity index is 2.41. The van der Waals surface area contributed by atoms with E-state index in [2.05, 4.69) is 0 Å². The van der Waals surface area contributed by atoms with Gasteiger partial charge in [0.15, 0.2) is 5.75 Å². The van der Waals surface area contributed by atoms with Gasteiger partial charge in [0.25, 0.3) is 0 Å². The zero-order valence-corrected chi connectivity index (χ0v) is 11.2. The minimum absolute atomic E-state index is 0.187.